The second-order valence-electron chi connectivity index (χ2n) is 1.91. The van der Waals surface area contributed by atoms with Crippen LogP contribution < -0.4 is 0 Å². The fourth-order valence-corrected chi connectivity index (χ4v) is 0.713. The lowest BCUT2D eigenvalue weighted by Crippen LogP contribution is -1.88. The lowest BCUT2D eigenvalue weighted by molar-refractivity contribution is 1.13. The topological polar surface area (TPSA) is 12.9 Å². The van der Waals surface area contributed by atoms with Crippen molar-refractivity contribution in [1.82, 2.24) is 4.98 Å². The fourth-order valence-electron chi connectivity index (χ4n) is 0.713. The van der Waals surface area contributed by atoms with Crippen molar-refractivity contribution in [2.75, 3.05) is 0 Å². The summed E-state index contributed by atoms with van der Waals surface area (Å²) in [6.07, 6.45) is 5.90. The first-order valence-electron chi connectivity index (χ1n) is 3.19. The van der Waals surface area contributed by atoms with E-state index >= 15 is 0 Å². The van der Waals surface area contributed by atoms with Crippen LogP contribution in [0.1, 0.15) is 25.2 Å². The first kappa shape index (κ1) is 7.26. The minimum absolute atomic E-state index is 0.881. The van der Waals surface area contributed by atoms with E-state index in [1.54, 1.807) is 0 Å². The molecule has 10 heavy (non-hydrogen) atoms. The highest BCUT2D eigenvalue weighted by molar-refractivity contribution is 5.19. The minimum Gasteiger partial charge on any atom is -0.257 e. The highest BCUT2D eigenvalue weighted by Crippen LogP contribution is 2.02. The van der Waals surface area contributed by atoms with E-state index in [2.05, 4.69) is 17.8 Å². The summed E-state index contributed by atoms with van der Waals surface area (Å²) in [7, 11) is 0. The molecule has 0 aliphatic carbocycles. The zero-order valence-electron chi connectivity index (χ0n) is 6.18. The average molecular weight is 131 g/mol. The van der Waals surface area contributed by atoms with E-state index in [1.165, 1.54) is 0 Å². The van der Waals surface area contributed by atoms with Gasteiger partial charge in [-0.3, -0.25) is 4.98 Å². The van der Waals surface area contributed by atoms with Gasteiger partial charge in [0, 0.05) is 24.2 Å². The number of pyridine rings is 1. The van der Waals surface area contributed by atoms with Crippen molar-refractivity contribution in [2.45, 2.75) is 13.8 Å². The number of hydrogen-bond acceptors (Lipinski definition) is 1. The molecule has 1 heteroatoms. The molecule has 0 aromatic carbocycles. The monoisotopic (exact) mass is 131 g/mol. The van der Waals surface area contributed by atoms with Gasteiger partial charge >= 0.3 is 0 Å². The summed E-state index contributed by atoms with van der Waals surface area (Å²) in [5, 5.41) is 0. The molecular weight excluding hydrogens is 122 g/mol. The molecule has 0 bridgehead atoms. The maximum absolute atomic E-state index is 4.19. The molecule has 1 aromatic rings. The quantitative estimate of drug-likeness (QED) is 0.598. The van der Waals surface area contributed by atoms with Gasteiger partial charge in [-0.15, -0.1) is 0 Å². The van der Waals surface area contributed by atoms with Crippen LogP contribution in [0.2, 0.25) is 0 Å². The van der Waals surface area contributed by atoms with E-state index < -0.39 is 0 Å². The summed E-state index contributed by atoms with van der Waals surface area (Å²) < 4.78 is 0. The maximum atomic E-state index is 4.19. The first-order chi connectivity index (χ1) is 4.86. The summed E-state index contributed by atoms with van der Waals surface area (Å²) in [6, 6.07) is 5.78. The highest BCUT2D eigenvalue weighted by atomic mass is 14.7. The average Bonchev–Trinajstić information content (AvgIpc) is 2.05. The van der Waals surface area contributed by atoms with Gasteiger partial charge in [0.25, 0.3) is 0 Å². The van der Waals surface area contributed by atoms with Crippen LogP contribution in [0, 0.1) is 12.8 Å². The van der Waals surface area contributed by atoms with Gasteiger partial charge in [0.15, 0.2) is 0 Å². The molecule has 0 atom stereocenters. The van der Waals surface area contributed by atoms with Crippen molar-refractivity contribution < 1.29 is 0 Å². The molecule has 0 fully saturated rings. The van der Waals surface area contributed by atoms with Crippen LogP contribution in [0.5, 0.6) is 0 Å². The van der Waals surface area contributed by atoms with Gasteiger partial charge in [-0.1, -0.05) is 19.9 Å². The van der Waals surface area contributed by atoms with Gasteiger partial charge < -0.3 is 0 Å². The van der Waals surface area contributed by atoms with Gasteiger partial charge in [0.1, 0.15) is 0 Å². The molecule has 1 heterocycles. The summed E-state index contributed by atoms with van der Waals surface area (Å²) in [5.74, 6) is 0. The van der Waals surface area contributed by atoms with Crippen molar-refractivity contribution >= 4 is 0 Å². The predicted molar refractivity (Wildman–Crippen MR) is 40.3 cm³/mol. The fraction of sp³-hybridized carbons (Fsp3) is 0.222. The third-order valence-corrected chi connectivity index (χ3v) is 1.26. The molecule has 50 valence electrons. The van der Waals surface area contributed by atoms with Crippen LogP contribution in [-0.4, -0.2) is 4.98 Å². The van der Waals surface area contributed by atoms with Crippen molar-refractivity contribution in [3.63, 3.8) is 0 Å². The Balaban J connectivity index is 2.87. The molecule has 4 radical (unpaired) electrons. The summed E-state index contributed by atoms with van der Waals surface area (Å²) in [5.41, 5.74) is 1.76. The summed E-state index contributed by atoms with van der Waals surface area (Å²) in [6.45, 7) is 3.70. The van der Waals surface area contributed by atoms with E-state index in [-0.39, 0.29) is 0 Å². The van der Waals surface area contributed by atoms with Crippen molar-refractivity contribution in [3.05, 3.63) is 42.4 Å². The Labute approximate surface area is 62.1 Å². The Morgan fingerprint density at radius 3 is 2.00 bits per heavy atom. The number of aromatic nitrogens is 1. The second kappa shape index (κ2) is 3.35. The zero-order valence-corrected chi connectivity index (χ0v) is 6.18. The lowest BCUT2D eigenvalue weighted by Gasteiger charge is -1.96. The van der Waals surface area contributed by atoms with Crippen LogP contribution in [-0.2, 0) is 0 Å². The molecule has 0 aliphatic heterocycles. The van der Waals surface area contributed by atoms with Gasteiger partial charge in [0.2, 0.25) is 0 Å². The number of hydrogen-bond donors (Lipinski definition) is 0. The maximum Gasteiger partial charge on any atom is 0.0485 e. The number of nitrogens with zero attached hydrogens (tertiary/aromatic N) is 1. The Hall–Kier alpha value is -0.850. The van der Waals surface area contributed by atoms with Crippen molar-refractivity contribution in [2.24, 2.45) is 0 Å². The van der Waals surface area contributed by atoms with E-state index in [9.17, 15) is 0 Å². The third kappa shape index (κ3) is 1.56. The number of rotatable bonds is 2. The molecule has 0 saturated carbocycles. The largest absolute Gasteiger partial charge is 0.257 e. The van der Waals surface area contributed by atoms with E-state index in [4.69, 9.17) is 0 Å². The van der Waals surface area contributed by atoms with E-state index in [1.807, 2.05) is 32.0 Å². The lowest BCUT2D eigenvalue weighted by atomic mass is 10.2. The molecule has 1 nitrogen and oxygen atoms in total. The van der Waals surface area contributed by atoms with Crippen LogP contribution in [0.4, 0.5) is 0 Å². The molecule has 0 N–H and O–H groups in total. The molecule has 0 spiro atoms. The highest BCUT2D eigenvalue weighted by Gasteiger charge is 1.92. The third-order valence-electron chi connectivity index (χ3n) is 1.26. The molecule has 0 unspecified atom stereocenters. The summed E-state index contributed by atoms with van der Waals surface area (Å²) in [4.78, 5) is 4.19. The summed E-state index contributed by atoms with van der Waals surface area (Å²) >= 11 is 0. The Bertz CT molecular complexity index is 186. The van der Waals surface area contributed by atoms with Gasteiger partial charge in [0.05, 0.1) is 0 Å². The Morgan fingerprint density at radius 2 is 1.60 bits per heavy atom. The molecular formula is C9H9N. The molecule has 0 amide bonds. The molecule has 1 rings (SSSR count). The Morgan fingerprint density at radius 1 is 1.10 bits per heavy atom. The standard InChI is InChI=1S/C9H9N/c1-3-8-6-5-7-9(4-2)10-8/h5-7H,1-2H3. The van der Waals surface area contributed by atoms with Crippen LogP contribution in [0.25, 0.3) is 0 Å². The minimum atomic E-state index is 0.881. The second-order valence-corrected chi connectivity index (χ2v) is 1.91. The SMILES string of the molecule is C[C]c1cccc([C]C)n1. The van der Waals surface area contributed by atoms with Gasteiger partial charge in [-0.05, 0) is 12.1 Å². The zero-order chi connectivity index (χ0) is 7.40. The van der Waals surface area contributed by atoms with E-state index in [0.717, 1.165) is 11.4 Å². The van der Waals surface area contributed by atoms with Gasteiger partial charge in [-0.2, -0.15) is 0 Å². The van der Waals surface area contributed by atoms with Crippen LogP contribution in [0.15, 0.2) is 18.2 Å². The normalized spacial score (nSPS) is 9.80. The van der Waals surface area contributed by atoms with Gasteiger partial charge in [-0.25, -0.2) is 0 Å². The first-order valence-corrected chi connectivity index (χ1v) is 3.19. The Kier molecular flexibility index (Phi) is 2.43. The van der Waals surface area contributed by atoms with Crippen LogP contribution in [0.3, 0.4) is 0 Å². The van der Waals surface area contributed by atoms with E-state index in [0.29, 0.717) is 0 Å². The van der Waals surface area contributed by atoms with Crippen molar-refractivity contribution in [3.8, 4) is 0 Å². The molecule has 0 aliphatic rings. The molecule has 1 aromatic heterocycles. The predicted octanol–water partition coefficient (Wildman–Crippen LogP) is 1.98. The molecule has 0 saturated heterocycles. The van der Waals surface area contributed by atoms with Crippen molar-refractivity contribution in [1.29, 1.82) is 0 Å². The smallest absolute Gasteiger partial charge is 0.0485 e. The van der Waals surface area contributed by atoms with Crippen LogP contribution >= 0.6 is 0 Å².